The number of benzene rings is 1. The van der Waals surface area contributed by atoms with Crippen molar-refractivity contribution in [1.29, 1.82) is 0 Å². The predicted octanol–water partition coefficient (Wildman–Crippen LogP) is 2.28. The summed E-state index contributed by atoms with van der Waals surface area (Å²) in [6.45, 7) is 3.26. The molecule has 4 nitrogen and oxygen atoms in total. The highest BCUT2D eigenvalue weighted by Gasteiger charge is 2.30. The van der Waals surface area contributed by atoms with Crippen molar-refractivity contribution in [2.45, 2.75) is 19.5 Å². The summed E-state index contributed by atoms with van der Waals surface area (Å²) in [5.41, 5.74) is 5.13. The van der Waals surface area contributed by atoms with Gasteiger partial charge in [0.2, 0.25) is 0 Å². The van der Waals surface area contributed by atoms with Gasteiger partial charge >= 0.3 is 0 Å². The first-order valence-corrected chi connectivity index (χ1v) is 6.70. The molecule has 0 radical (unpaired) electrons. The third-order valence-corrected chi connectivity index (χ3v) is 4.21. The van der Waals surface area contributed by atoms with Crippen LogP contribution >= 0.6 is 0 Å². The Morgan fingerprint density at radius 2 is 2.26 bits per heavy atom. The average molecular weight is 255 g/mol. The van der Waals surface area contributed by atoms with E-state index in [9.17, 15) is 0 Å². The van der Waals surface area contributed by atoms with Crippen molar-refractivity contribution >= 4 is 16.6 Å². The maximum atomic E-state index is 5.34. The molecule has 0 amide bonds. The SMILES string of the molecule is COc1ccc2[nH]c3c(c2c1)CCN1C3=CNC1C. The fraction of sp³-hybridized carbons (Fsp3) is 0.333. The van der Waals surface area contributed by atoms with Crippen molar-refractivity contribution in [1.82, 2.24) is 15.2 Å². The summed E-state index contributed by atoms with van der Waals surface area (Å²) in [4.78, 5) is 5.97. The van der Waals surface area contributed by atoms with Gasteiger partial charge in [0.25, 0.3) is 0 Å². The summed E-state index contributed by atoms with van der Waals surface area (Å²) in [6.07, 6.45) is 3.59. The highest BCUT2D eigenvalue weighted by Crippen LogP contribution is 2.37. The van der Waals surface area contributed by atoms with Crippen molar-refractivity contribution in [3.63, 3.8) is 0 Å². The van der Waals surface area contributed by atoms with Crippen LogP contribution in [0.3, 0.4) is 0 Å². The van der Waals surface area contributed by atoms with Crippen LogP contribution in [0.1, 0.15) is 18.2 Å². The Balaban J connectivity index is 1.92. The second kappa shape index (κ2) is 3.70. The van der Waals surface area contributed by atoms with Gasteiger partial charge in [-0.25, -0.2) is 0 Å². The lowest BCUT2D eigenvalue weighted by Gasteiger charge is -2.30. The number of nitrogens with one attached hydrogen (secondary N) is 2. The van der Waals surface area contributed by atoms with Gasteiger partial charge in [-0.1, -0.05) is 0 Å². The predicted molar refractivity (Wildman–Crippen MR) is 75.8 cm³/mol. The van der Waals surface area contributed by atoms with E-state index in [1.54, 1.807) is 7.11 Å². The van der Waals surface area contributed by atoms with Gasteiger partial charge in [-0.15, -0.1) is 0 Å². The topological polar surface area (TPSA) is 40.3 Å². The van der Waals surface area contributed by atoms with E-state index in [0.29, 0.717) is 6.17 Å². The smallest absolute Gasteiger partial charge is 0.119 e. The lowest BCUT2D eigenvalue weighted by atomic mass is 10.0. The van der Waals surface area contributed by atoms with Crippen molar-refractivity contribution < 1.29 is 4.74 Å². The molecule has 4 heteroatoms. The molecule has 1 aromatic heterocycles. The Morgan fingerprint density at radius 3 is 3.11 bits per heavy atom. The lowest BCUT2D eigenvalue weighted by Crippen LogP contribution is -2.37. The number of rotatable bonds is 1. The molecular weight excluding hydrogens is 238 g/mol. The second-order valence-corrected chi connectivity index (χ2v) is 5.21. The van der Waals surface area contributed by atoms with E-state index >= 15 is 0 Å². The molecule has 0 aliphatic carbocycles. The third kappa shape index (κ3) is 1.40. The van der Waals surface area contributed by atoms with E-state index < -0.39 is 0 Å². The molecule has 0 saturated heterocycles. The highest BCUT2D eigenvalue weighted by molar-refractivity contribution is 5.91. The Morgan fingerprint density at radius 1 is 1.37 bits per heavy atom. The van der Waals surface area contributed by atoms with Crippen LogP contribution in [-0.2, 0) is 6.42 Å². The maximum absolute atomic E-state index is 5.34. The average Bonchev–Trinajstić information content (AvgIpc) is 2.99. The van der Waals surface area contributed by atoms with Crippen LogP contribution in [0.25, 0.3) is 16.6 Å². The minimum absolute atomic E-state index is 0.393. The third-order valence-electron chi connectivity index (χ3n) is 4.21. The Bertz CT molecular complexity index is 686. The molecule has 1 aromatic carbocycles. The fourth-order valence-electron chi connectivity index (χ4n) is 3.18. The minimum atomic E-state index is 0.393. The number of aromatic nitrogens is 1. The molecule has 2 aromatic rings. The van der Waals surface area contributed by atoms with Gasteiger partial charge in [-0.05, 0) is 37.1 Å². The Kier molecular flexibility index (Phi) is 2.10. The van der Waals surface area contributed by atoms with Crippen molar-refractivity contribution in [2.75, 3.05) is 13.7 Å². The van der Waals surface area contributed by atoms with Crippen LogP contribution in [-0.4, -0.2) is 29.7 Å². The van der Waals surface area contributed by atoms with Crippen LogP contribution in [0, 0.1) is 0 Å². The second-order valence-electron chi connectivity index (χ2n) is 5.21. The van der Waals surface area contributed by atoms with Gasteiger partial charge in [-0.2, -0.15) is 0 Å². The van der Waals surface area contributed by atoms with E-state index in [1.165, 1.54) is 27.9 Å². The molecule has 2 N–H and O–H groups in total. The molecule has 2 aliphatic heterocycles. The molecule has 98 valence electrons. The molecule has 0 spiro atoms. The van der Waals surface area contributed by atoms with Gasteiger partial charge in [0.05, 0.1) is 24.7 Å². The molecular formula is C15H17N3O. The number of hydrogen-bond donors (Lipinski definition) is 2. The molecule has 4 rings (SSSR count). The minimum Gasteiger partial charge on any atom is -0.497 e. The molecule has 3 heterocycles. The van der Waals surface area contributed by atoms with Gasteiger partial charge in [0.15, 0.2) is 0 Å². The van der Waals surface area contributed by atoms with Gasteiger partial charge in [-0.3, -0.25) is 0 Å². The van der Waals surface area contributed by atoms with Gasteiger partial charge in [0, 0.05) is 23.6 Å². The van der Waals surface area contributed by atoms with Crippen LogP contribution in [0.2, 0.25) is 0 Å². The number of fused-ring (bicyclic) bond motifs is 5. The molecule has 1 atom stereocenters. The summed E-state index contributed by atoms with van der Waals surface area (Å²) in [6, 6.07) is 6.24. The number of H-pyrrole nitrogens is 1. The van der Waals surface area contributed by atoms with Crippen molar-refractivity contribution in [3.05, 3.63) is 35.7 Å². The molecule has 0 bridgehead atoms. The summed E-state index contributed by atoms with van der Waals surface area (Å²) < 4.78 is 5.34. The highest BCUT2D eigenvalue weighted by atomic mass is 16.5. The largest absolute Gasteiger partial charge is 0.497 e. The first-order valence-electron chi connectivity index (χ1n) is 6.70. The summed E-state index contributed by atoms with van der Waals surface area (Å²) in [7, 11) is 1.72. The van der Waals surface area contributed by atoms with Crippen molar-refractivity contribution in [3.8, 4) is 5.75 Å². The van der Waals surface area contributed by atoms with Crippen LogP contribution < -0.4 is 10.1 Å². The Labute approximate surface area is 112 Å². The van der Waals surface area contributed by atoms with E-state index in [2.05, 4.69) is 40.5 Å². The van der Waals surface area contributed by atoms with Crippen LogP contribution in [0.4, 0.5) is 0 Å². The maximum Gasteiger partial charge on any atom is 0.119 e. The van der Waals surface area contributed by atoms with E-state index in [-0.39, 0.29) is 0 Å². The summed E-state index contributed by atoms with van der Waals surface area (Å²) >= 11 is 0. The van der Waals surface area contributed by atoms with Gasteiger partial charge < -0.3 is 19.9 Å². The first kappa shape index (κ1) is 10.8. The normalized spacial score (nSPS) is 20.8. The molecule has 0 saturated carbocycles. The van der Waals surface area contributed by atoms with Crippen LogP contribution in [0.5, 0.6) is 5.75 Å². The van der Waals surface area contributed by atoms with E-state index in [1.807, 2.05) is 6.07 Å². The fourth-order valence-corrected chi connectivity index (χ4v) is 3.18. The van der Waals surface area contributed by atoms with Crippen LogP contribution in [0.15, 0.2) is 24.4 Å². The zero-order valence-corrected chi connectivity index (χ0v) is 11.2. The molecule has 0 fully saturated rings. The van der Waals surface area contributed by atoms with Gasteiger partial charge in [0.1, 0.15) is 5.75 Å². The summed E-state index contributed by atoms with van der Waals surface area (Å²) in [5.74, 6) is 0.920. The number of ether oxygens (including phenoxy) is 1. The zero-order valence-electron chi connectivity index (χ0n) is 11.2. The first-order chi connectivity index (χ1) is 9.28. The monoisotopic (exact) mass is 255 g/mol. The Hall–Kier alpha value is -2.10. The number of nitrogens with zero attached hydrogens (tertiary/aromatic N) is 1. The quantitative estimate of drug-likeness (QED) is 0.821. The van der Waals surface area contributed by atoms with Crippen molar-refractivity contribution in [2.24, 2.45) is 0 Å². The van der Waals surface area contributed by atoms with E-state index in [4.69, 9.17) is 4.74 Å². The lowest BCUT2D eigenvalue weighted by molar-refractivity contribution is 0.308. The standard InChI is InChI=1S/C15H17N3O/c1-9-16-8-14-15-11(5-6-18(9)14)12-7-10(19-2)3-4-13(12)17-15/h3-4,7-9,16-17H,5-6H2,1-2H3. The molecule has 1 unspecified atom stereocenters. The number of methoxy groups -OCH3 is 1. The number of hydrogen-bond acceptors (Lipinski definition) is 3. The molecule has 2 aliphatic rings. The van der Waals surface area contributed by atoms with E-state index in [0.717, 1.165) is 18.7 Å². The number of aromatic amines is 1. The summed E-state index contributed by atoms with van der Waals surface area (Å²) in [5, 5.41) is 4.68. The zero-order chi connectivity index (χ0) is 13.0. The molecule has 19 heavy (non-hydrogen) atoms.